The molecule has 2 aliphatic rings. The molecule has 2 heterocycles. The van der Waals surface area contributed by atoms with Crippen LogP contribution in [-0.2, 0) is 14.3 Å². The van der Waals surface area contributed by atoms with E-state index >= 15 is 0 Å². The molecule has 2 aromatic rings. The molecule has 8 heteroatoms. The molecular formula is C27H32N2O6. The Kier molecular flexibility index (Phi) is 7.73. The maximum Gasteiger partial charge on any atom is 0.295 e. The van der Waals surface area contributed by atoms with Crippen molar-refractivity contribution in [2.75, 3.05) is 46.5 Å². The first-order valence-electron chi connectivity index (χ1n) is 11.9. The summed E-state index contributed by atoms with van der Waals surface area (Å²) in [7, 11) is 1.56. The lowest BCUT2D eigenvalue weighted by Gasteiger charge is -2.31. The van der Waals surface area contributed by atoms with E-state index in [0.29, 0.717) is 43.4 Å². The number of hydrogen-bond acceptors (Lipinski definition) is 7. The van der Waals surface area contributed by atoms with Gasteiger partial charge in [0.05, 0.1) is 38.0 Å². The topological polar surface area (TPSA) is 88.5 Å². The number of ether oxygens (including phenoxy) is 3. The standard InChI is InChI=1S/C27H32N2O6/c1-18(2)35-22-10-4-19(5-11-22)24-23(25(30)20-6-8-21(33-3)9-7-20)26(31)27(32)29(24)13-12-28-14-16-34-17-15-28/h4-11,18,24,30H,12-17H2,1-3H3/t24-/m1/s1. The van der Waals surface area contributed by atoms with E-state index in [1.165, 1.54) is 0 Å². The van der Waals surface area contributed by atoms with Gasteiger partial charge >= 0.3 is 0 Å². The van der Waals surface area contributed by atoms with Gasteiger partial charge in [-0.05, 0) is 55.8 Å². The molecule has 186 valence electrons. The number of aliphatic hydroxyl groups is 1. The van der Waals surface area contributed by atoms with Crippen molar-refractivity contribution in [3.05, 3.63) is 65.2 Å². The Morgan fingerprint density at radius 3 is 2.23 bits per heavy atom. The third-order valence-corrected chi connectivity index (χ3v) is 6.23. The number of rotatable bonds is 8. The number of ketones is 1. The quantitative estimate of drug-likeness (QED) is 0.353. The van der Waals surface area contributed by atoms with E-state index in [1.807, 2.05) is 38.1 Å². The number of morpholine rings is 1. The minimum absolute atomic E-state index is 0.0232. The smallest absolute Gasteiger partial charge is 0.295 e. The SMILES string of the molecule is COc1ccc(C(O)=C2C(=O)C(=O)N(CCN3CCOCC3)[C@@H]2c2ccc(OC(C)C)cc2)cc1. The summed E-state index contributed by atoms with van der Waals surface area (Å²) in [5.41, 5.74) is 1.26. The number of Topliss-reactive ketones (excluding diaryl/α,β-unsaturated/α-hetero) is 1. The lowest BCUT2D eigenvalue weighted by atomic mass is 9.95. The van der Waals surface area contributed by atoms with E-state index in [2.05, 4.69) is 4.90 Å². The summed E-state index contributed by atoms with van der Waals surface area (Å²) in [6, 6.07) is 13.4. The van der Waals surface area contributed by atoms with Crippen LogP contribution in [0.5, 0.6) is 11.5 Å². The zero-order chi connectivity index (χ0) is 24.9. The average molecular weight is 481 g/mol. The number of benzene rings is 2. The molecule has 4 rings (SSSR count). The lowest BCUT2D eigenvalue weighted by molar-refractivity contribution is -0.140. The molecule has 1 atom stereocenters. The number of amides is 1. The van der Waals surface area contributed by atoms with Gasteiger partial charge in [0.15, 0.2) is 0 Å². The van der Waals surface area contributed by atoms with Crippen molar-refractivity contribution in [3.63, 3.8) is 0 Å². The zero-order valence-corrected chi connectivity index (χ0v) is 20.4. The molecule has 2 aromatic carbocycles. The molecule has 1 amide bonds. The molecular weight excluding hydrogens is 448 g/mol. The van der Waals surface area contributed by atoms with Gasteiger partial charge in [0.25, 0.3) is 11.7 Å². The van der Waals surface area contributed by atoms with Crippen molar-refractivity contribution in [2.45, 2.75) is 26.0 Å². The molecule has 0 radical (unpaired) electrons. The summed E-state index contributed by atoms with van der Waals surface area (Å²) in [4.78, 5) is 30.1. The van der Waals surface area contributed by atoms with Crippen LogP contribution < -0.4 is 9.47 Å². The van der Waals surface area contributed by atoms with Gasteiger partial charge in [0.2, 0.25) is 0 Å². The monoisotopic (exact) mass is 480 g/mol. The lowest BCUT2D eigenvalue weighted by Crippen LogP contribution is -2.42. The highest BCUT2D eigenvalue weighted by Gasteiger charge is 2.46. The van der Waals surface area contributed by atoms with Gasteiger partial charge in [0.1, 0.15) is 17.3 Å². The number of carbonyl (C=O) groups is 2. The van der Waals surface area contributed by atoms with Crippen molar-refractivity contribution in [2.24, 2.45) is 0 Å². The fourth-order valence-electron chi connectivity index (χ4n) is 4.44. The van der Waals surface area contributed by atoms with Crippen molar-refractivity contribution in [1.82, 2.24) is 9.80 Å². The summed E-state index contributed by atoms with van der Waals surface area (Å²) < 4.78 is 16.4. The van der Waals surface area contributed by atoms with Crippen LogP contribution in [-0.4, -0.2) is 79.2 Å². The molecule has 0 spiro atoms. The van der Waals surface area contributed by atoms with E-state index in [1.54, 1.807) is 36.3 Å². The first-order chi connectivity index (χ1) is 16.9. The Labute approximate surface area is 205 Å². The van der Waals surface area contributed by atoms with Crippen LogP contribution in [0.25, 0.3) is 5.76 Å². The maximum atomic E-state index is 13.2. The van der Waals surface area contributed by atoms with E-state index in [9.17, 15) is 14.7 Å². The molecule has 0 aromatic heterocycles. The number of hydrogen-bond donors (Lipinski definition) is 1. The molecule has 2 saturated heterocycles. The highest BCUT2D eigenvalue weighted by molar-refractivity contribution is 6.46. The van der Waals surface area contributed by atoms with Crippen LogP contribution in [0.4, 0.5) is 0 Å². The predicted molar refractivity (Wildman–Crippen MR) is 131 cm³/mol. The molecule has 0 unspecified atom stereocenters. The van der Waals surface area contributed by atoms with Crippen LogP contribution in [0.15, 0.2) is 54.1 Å². The summed E-state index contributed by atoms with van der Waals surface area (Å²) in [6.07, 6.45) is 0.0232. The van der Waals surface area contributed by atoms with Crippen LogP contribution in [0.2, 0.25) is 0 Å². The average Bonchev–Trinajstić information content (AvgIpc) is 3.12. The van der Waals surface area contributed by atoms with Gasteiger partial charge in [-0.1, -0.05) is 12.1 Å². The van der Waals surface area contributed by atoms with E-state index in [4.69, 9.17) is 14.2 Å². The van der Waals surface area contributed by atoms with Crippen molar-refractivity contribution in [1.29, 1.82) is 0 Å². The first-order valence-corrected chi connectivity index (χ1v) is 11.9. The second kappa shape index (κ2) is 10.9. The molecule has 1 N–H and O–H groups in total. The number of nitrogens with zero attached hydrogens (tertiary/aromatic N) is 2. The largest absolute Gasteiger partial charge is 0.507 e. The Balaban J connectivity index is 1.71. The summed E-state index contributed by atoms with van der Waals surface area (Å²) in [5.74, 6) is -0.171. The third kappa shape index (κ3) is 5.49. The fourth-order valence-corrected chi connectivity index (χ4v) is 4.44. The van der Waals surface area contributed by atoms with Gasteiger partial charge in [0, 0.05) is 31.7 Å². The summed E-state index contributed by atoms with van der Waals surface area (Å²) >= 11 is 0. The molecule has 0 bridgehead atoms. The molecule has 0 aliphatic carbocycles. The normalized spacial score (nSPS) is 20.5. The van der Waals surface area contributed by atoms with Gasteiger partial charge in [-0.25, -0.2) is 0 Å². The van der Waals surface area contributed by atoms with Crippen LogP contribution in [0.3, 0.4) is 0 Å². The third-order valence-electron chi connectivity index (χ3n) is 6.23. The molecule has 8 nitrogen and oxygen atoms in total. The Morgan fingerprint density at radius 1 is 1.00 bits per heavy atom. The van der Waals surface area contributed by atoms with E-state index in [-0.39, 0.29) is 17.4 Å². The van der Waals surface area contributed by atoms with Gasteiger partial charge in [-0.2, -0.15) is 0 Å². The Morgan fingerprint density at radius 2 is 1.63 bits per heavy atom. The zero-order valence-electron chi connectivity index (χ0n) is 20.4. The van der Waals surface area contributed by atoms with Crippen LogP contribution in [0, 0.1) is 0 Å². The Bertz CT molecular complexity index is 1070. The van der Waals surface area contributed by atoms with Crippen molar-refractivity contribution < 1.29 is 28.9 Å². The number of likely N-dealkylation sites (tertiary alicyclic amines) is 1. The second-order valence-electron chi connectivity index (χ2n) is 8.91. The summed E-state index contributed by atoms with van der Waals surface area (Å²) in [6.45, 7) is 7.73. The maximum absolute atomic E-state index is 13.2. The minimum Gasteiger partial charge on any atom is -0.507 e. The number of methoxy groups -OCH3 is 1. The number of aliphatic hydroxyl groups excluding tert-OH is 1. The Hall–Kier alpha value is -3.36. The molecule has 0 saturated carbocycles. The molecule has 2 fully saturated rings. The van der Waals surface area contributed by atoms with Crippen LogP contribution >= 0.6 is 0 Å². The molecule has 35 heavy (non-hydrogen) atoms. The molecule has 2 aliphatic heterocycles. The fraction of sp³-hybridized carbons (Fsp3) is 0.407. The van der Waals surface area contributed by atoms with E-state index in [0.717, 1.165) is 18.7 Å². The summed E-state index contributed by atoms with van der Waals surface area (Å²) in [5, 5.41) is 11.2. The van der Waals surface area contributed by atoms with Crippen molar-refractivity contribution >= 4 is 17.4 Å². The number of carbonyl (C=O) groups excluding carboxylic acids is 2. The van der Waals surface area contributed by atoms with Gasteiger partial charge in [-0.15, -0.1) is 0 Å². The van der Waals surface area contributed by atoms with Gasteiger partial charge < -0.3 is 24.2 Å². The van der Waals surface area contributed by atoms with Gasteiger partial charge in [-0.3, -0.25) is 14.5 Å². The first kappa shape index (κ1) is 24.8. The highest BCUT2D eigenvalue weighted by atomic mass is 16.5. The minimum atomic E-state index is -0.703. The van der Waals surface area contributed by atoms with E-state index < -0.39 is 17.7 Å². The predicted octanol–water partition coefficient (Wildman–Crippen LogP) is 3.24. The highest BCUT2D eigenvalue weighted by Crippen LogP contribution is 2.40. The second-order valence-corrected chi connectivity index (χ2v) is 8.91. The van der Waals surface area contributed by atoms with Crippen LogP contribution in [0.1, 0.15) is 31.0 Å². The van der Waals surface area contributed by atoms with Crippen molar-refractivity contribution in [3.8, 4) is 11.5 Å².